The molecule has 0 saturated carbocycles. The van der Waals surface area contributed by atoms with Crippen molar-refractivity contribution in [2.75, 3.05) is 19.6 Å². The van der Waals surface area contributed by atoms with Crippen molar-refractivity contribution in [1.29, 1.82) is 0 Å². The third kappa shape index (κ3) is 4.26. The standard InChI is InChI=1S/C18H26N4O2/c1-18(7-9-19-10-8-18)12-20-16(23)4-2-3-13-5-6-14-15(11-13)22-17(24)21-14/h5-6,11,19H,2-4,7-10,12H2,1H3,(H,20,23)(H2,21,22,24). The van der Waals surface area contributed by atoms with Crippen LogP contribution in [0.1, 0.15) is 38.2 Å². The fourth-order valence-electron chi connectivity index (χ4n) is 3.30. The zero-order valence-electron chi connectivity index (χ0n) is 14.2. The Hall–Kier alpha value is -2.08. The van der Waals surface area contributed by atoms with Crippen molar-refractivity contribution in [3.05, 3.63) is 34.2 Å². The summed E-state index contributed by atoms with van der Waals surface area (Å²) in [5.74, 6) is 0.130. The first-order valence-corrected chi connectivity index (χ1v) is 8.72. The van der Waals surface area contributed by atoms with Crippen LogP contribution in [-0.2, 0) is 11.2 Å². The van der Waals surface area contributed by atoms with Crippen molar-refractivity contribution in [3.63, 3.8) is 0 Å². The molecule has 4 N–H and O–H groups in total. The molecule has 0 aliphatic carbocycles. The molecule has 1 aliphatic heterocycles. The minimum Gasteiger partial charge on any atom is -0.356 e. The van der Waals surface area contributed by atoms with E-state index in [2.05, 4.69) is 27.5 Å². The Morgan fingerprint density at radius 2 is 1.96 bits per heavy atom. The predicted octanol–water partition coefficient (Wildman–Crippen LogP) is 1.68. The van der Waals surface area contributed by atoms with Crippen LogP contribution in [0.4, 0.5) is 0 Å². The maximum atomic E-state index is 12.1. The molecule has 0 unspecified atom stereocenters. The third-order valence-electron chi connectivity index (χ3n) is 4.97. The maximum absolute atomic E-state index is 12.1. The quantitative estimate of drug-likeness (QED) is 0.650. The minimum absolute atomic E-state index is 0.130. The van der Waals surface area contributed by atoms with Crippen LogP contribution < -0.4 is 16.3 Å². The van der Waals surface area contributed by atoms with E-state index in [1.54, 1.807) is 0 Å². The molecule has 0 spiro atoms. The van der Waals surface area contributed by atoms with Crippen molar-refractivity contribution in [2.24, 2.45) is 5.41 Å². The summed E-state index contributed by atoms with van der Waals surface area (Å²) in [7, 11) is 0. The second kappa shape index (κ2) is 7.21. The number of nitrogens with one attached hydrogen (secondary N) is 4. The summed E-state index contributed by atoms with van der Waals surface area (Å²) in [5, 5.41) is 6.45. The van der Waals surface area contributed by atoms with E-state index in [1.165, 1.54) is 0 Å². The Morgan fingerprint density at radius 3 is 2.75 bits per heavy atom. The number of aromatic nitrogens is 2. The van der Waals surface area contributed by atoms with Crippen molar-refractivity contribution in [2.45, 2.75) is 39.0 Å². The van der Waals surface area contributed by atoms with E-state index in [4.69, 9.17) is 0 Å². The lowest BCUT2D eigenvalue weighted by Gasteiger charge is -2.34. The highest BCUT2D eigenvalue weighted by atomic mass is 16.1. The van der Waals surface area contributed by atoms with Gasteiger partial charge in [0.25, 0.3) is 0 Å². The number of hydrogen-bond acceptors (Lipinski definition) is 3. The summed E-state index contributed by atoms with van der Waals surface area (Å²) >= 11 is 0. The van der Waals surface area contributed by atoms with Gasteiger partial charge in [0, 0.05) is 13.0 Å². The average molecular weight is 330 g/mol. The van der Waals surface area contributed by atoms with Crippen LogP contribution in [-0.4, -0.2) is 35.5 Å². The van der Waals surface area contributed by atoms with Crippen LogP contribution in [0.2, 0.25) is 0 Å². The smallest absolute Gasteiger partial charge is 0.323 e. The number of rotatable bonds is 6. The molecule has 6 heteroatoms. The van der Waals surface area contributed by atoms with Gasteiger partial charge in [-0.25, -0.2) is 4.79 Å². The second-order valence-electron chi connectivity index (χ2n) is 7.15. The zero-order valence-corrected chi connectivity index (χ0v) is 14.2. The lowest BCUT2D eigenvalue weighted by Crippen LogP contribution is -2.42. The Balaban J connectivity index is 1.43. The first-order chi connectivity index (χ1) is 11.5. The summed E-state index contributed by atoms with van der Waals surface area (Å²) in [6.45, 7) is 5.09. The number of benzene rings is 1. The first-order valence-electron chi connectivity index (χ1n) is 8.72. The van der Waals surface area contributed by atoms with Gasteiger partial charge in [0.15, 0.2) is 0 Å². The molecular formula is C18H26N4O2. The normalized spacial score (nSPS) is 17.0. The largest absolute Gasteiger partial charge is 0.356 e. The van der Waals surface area contributed by atoms with Gasteiger partial charge < -0.3 is 20.6 Å². The SMILES string of the molecule is CC1(CNC(=O)CCCc2ccc3[nH]c(=O)[nH]c3c2)CCNCC1. The molecule has 1 aromatic carbocycles. The molecule has 130 valence electrons. The number of imidazole rings is 1. The van der Waals surface area contributed by atoms with Gasteiger partial charge in [0.1, 0.15) is 0 Å². The summed E-state index contributed by atoms with van der Waals surface area (Å²) < 4.78 is 0. The van der Waals surface area contributed by atoms with E-state index in [-0.39, 0.29) is 17.0 Å². The van der Waals surface area contributed by atoms with E-state index in [0.717, 1.165) is 61.9 Å². The summed E-state index contributed by atoms with van der Waals surface area (Å²) in [5.41, 5.74) is 2.81. The minimum atomic E-state index is -0.187. The number of piperidine rings is 1. The zero-order chi connectivity index (χ0) is 17.0. The fourth-order valence-corrected chi connectivity index (χ4v) is 3.30. The Labute approximate surface area is 141 Å². The molecule has 1 fully saturated rings. The molecule has 0 atom stereocenters. The molecular weight excluding hydrogens is 304 g/mol. The van der Waals surface area contributed by atoms with Crippen LogP contribution in [0.3, 0.4) is 0 Å². The number of aromatic amines is 2. The number of carbonyl (C=O) groups is 1. The number of carbonyl (C=O) groups excluding carboxylic acids is 1. The van der Waals surface area contributed by atoms with Crippen molar-refractivity contribution >= 4 is 16.9 Å². The van der Waals surface area contributed by atoms with Crippen molar-refractivity contribution in [3.8, 4) is 0 Å². The van der Waals surface area contributed by atoms with E-state index >= 15 is 0 Å². The molecule has 1 amide bonds. The highest BCUT2D eigenvalue weighted by Gasteiger charge is 2.26. The number of H-pyrrole nitrogens is 2. The third-order valence-corrected chi connectivity index (χ3v) is 4.97. The Bertz CT molecular complexity index is 756. The van der Waals surface area contributed by atoms with E-state index in [9.17, 15) is 9.59 Å². The molecule has 1 aromatic heterocycles. The lowest BCUT2D eigenvalue weighted by atomic mass is 9.81. The first kappa shape index (κ1) is 16.8. The van der Waals surface area contributed by atoms with E-state index in [1.807, 2.05) is 18.2 Å². The second-order valence-corrected chi connectivity index (χ2v) is 7.15. The maximum Gasteiger partial charge on any atom is 0.323 e. The molecule has 3 rings (SSSR count). The van der Waals surface area contributed by atoms with Gasteiger partial charge in [-0.05, 0) is 61.9 Å². The fraction of sp³-hybridized carbons (Fsp3) is 0.556. The lowest BCUT2D eigenvalue weighted by molar-refractivity contribution is -0.121. The van der Waals surface area contributed by atoms with Gasteiger partial charge in [-0.15, -0.1) is 0 Å². The van der Waals surface area contributed by atoms with Crippen LogP contribution in [0.15, 0.2) is 23.0 Å². The van der Waals surface area contributed by atoms with Gasteiger partial charge in [-0.3, -0.25) is 4.79 Å². The predicted molar refractivity (Wildman–Crippen MR) is 95.1 cm³/mol. The Morgan fingerprint density at radius 1 is 1.21 bits per heavy atom. The van der Waals surface area contributed by atoms with Crippen LogP contribution in [0.5, 0.6) is 0 Å². The molecule has 1 aliphatic rings. The van der Waals surface area contributed by atoms with Gasteiger partial charge >= 0.3 is 5.69 Å². The van der Waals surface area contributed by atoms with Gasteiger partial charge in [-0.1, -0.05) is 13.0 Å². The number of hydrogen-bond donors (Lipinski definition) is 4. The molecule has 2 aromatic rings. The Kier molecular flexibility index (Phi) is 5.04. The van der Waals surface area contributed by atoms with Gasteiger partial charge in [0.2, 0.25) is 5.91 Å². The molecule has 1 saturated heterocycles. The molecule has 2 heterocycles. The van der Waals surface area contributed by atoms with Crippen molar-refractivity contribution in [1.82, 2.24) is 20.6 Å². The topological polar surface area (TPSA) is 89.8 Å². The summed E-state index contributed by atoms with van der Waals surface area (Å²) in [4.78, 5) is 28.8. The van der Waals surface area contributed by atoms with E-state index < -0.39 is 0 Å². The van der Waals surface area contributed by atoms with Gasteiger partial charge in [0.05, 0.1) is 11.0 Å². The van der Waals surface area contributed by atoms with Gasteiger partial charge in [-0.2, -0.15) is 0 Å². The molecule has 0 radical (unpaired) electrons. The average Bonchev–Trinajstić information content (AvgIpc) is 2.93. The van der Waals surface area contributed by atoms with Crippen LogP contribution in [0, 0.1) is 5.41 Å². The van der Waals surface area contributed by atoms with E-state index in [0.29, 0.717) is 6.42 Å². The summed E-state index contributed by atoms with van der Waals surface area (Å²) in [6.07, 6.45) is 4.41. The molecule has 6 nitrogen and oxygen atoms in total. The molecule has 24 heavy (non-hydrogen) atoms. The van der Waals surface area contributed by atoms with Crippen molar-refractivity contribution < 1.29 is 4.79 Å². The highest BCUT2D eigenvalue weighted by Crippen LogP contribution is 2.26. The monoisotopic (exact) mass is 330 g/mol. The number of fused-ring (bicyclic) bond motifs is 1. The number of aryl methyl sites for hydroxylation is 1. The number of amides is 1. The highest BCUT2D eigenvalue weighted by molar-refractivity contribution is 5.76. The van der Waals surface area contributed by atoms with Crippen LogP contribution in [0.25, 0.3) is 11.0 Å². The summed E-state index contributed by atoms with van der Waals surface area (Å²) in [6, 6.07) is 5.88. The molecule has 0 bridgehead atoms. The van der Waals surface area contributed by atoms with Crippen LogP contribution >= 0.6 is 0 Å².